The number of rotatable bonds is 4. The molecular formula is C19H22N2O5S2. The molecule has 2 bridgehead atoms. The highest BCUT2D eigenvalue weighted by Crippen LogP contribution is 2.69. The molecule has 2 amide bonds. The zero-order valence-corrected chi connectivity index (χ0v) is 17.3. The maximum atomic E-state index is 13.1. The van der Waals surface area contributed by atoms with E-state index in [1.165, 1.54) is 16.2 Å². The third kappa shape index (κ3) is 2.17. The number of aromatic nitrogens is 1. The van der Waals surface area contributed by atoms with Gasteiger partial charge in [-0.15, -0.1) is 11.8 Å². The topological polar surface area (TPSA) is 108 Å². The van der Waals surface area contributed by atoms with Gasteiger partial charge in [0, 0.05) is 22.1 Å². The number of imide groups is 1. The van der Waals surface area contributed by atoms with Crippen molar-refractivity contribution in [2.75, 3.05) is 6.54 Å². The van der Waals surface area contributed by atoms with Crippen molar-refractivity contribution in [3.63, 3.8) is 0 Å². The Morgan fingerprint density at radius 3 is 2.57 bits per heavy atom. The fourth-order valence-corrected chi connectivity index (χ4v) is 9.58. The number of hydrogen-bond donors (Lipinski definition) is 2. The predicted octanol–water partition coefficient (Wildman–Crippen LogP) is 1.92. The summed E-state index contributed by atoms with van der Waals surface area (Å²) in [6, 6.07) is 0. The molecular weight excluding hydrogens is 400 g/mol. The van der Waals surface area contributed by atoms with Gasteiger partial charge in [0.1, 0.15) is 0 Å². The summed E-state index contributed by atoms with van der Waals surface area (Å²) in [5.74, 6) is -1.54. The van der Waals surface area contributed by atoms with Crippen LogP contribution in [0.2, 0.25) is 0 Å². The molecule has 0 aromatic carbocycles. The highest BCUT2D eigenvalue weighted by atomic mass is 32.2. The van der Waals surface area contributed by atoms with Crippen molar-refractivity contribution in [1.82, 2.24) is 9.88 Å². The highest BCUT2D eigenvalue weighted by Gasteiger charge is 2.71. The van der Waals surface area contributed by atoms with Gasteiger partial charge in [-0.25, -0.2) is 0 Å². The van der Waals surface area contributed by atoms with Gasteiger partial charge in [-0.3, -0.25) is 24.1 Å². The molecule has 0 radical (unpaired) electrons. The summed E-state index contributed by atoms with van der Waals surface area (Å²) in [4.78, 5) is 54.2. The van der Waals surface area contributed by atoms with E-state index in [0.29, 0.717) is 0 Å². The van der Waals surface area contributed by atoms with E-state index in [9.17, 15) is 19.2 Å². The molecule has 2 N–H and O–H groups in total. The number of fused-ring (bicyclic) bond motifs is 9. The SMILES string of the molecule is CC[C@]1(C)c2sc(=O)[nH]c2S[C@H]2[C@H]3C[C@@H]([C@@H]4C(=O)N(CCC(=O)O)C(=O)[C@H]34)[C@@H]21. The van der Waals surface area contributed by atoms with Crippen molar-refractivity contribution >= 4 is 40.9 Å². The zero-order valence-electron chi connectivity index (χ0n) is 15.6. The van der Waals surface area contributed by atoms with Gasteiger partial charge in [0.05, 0.1) is 23.3 Å². The smallest absolute Gasteiger partial charge is 0.305 e. The Morgan fingerprint density at radius 2 is 1.93 bits per heavy atom. The lowest BCUT2D eigenvalue weighted by atomic mass is 9.62. The summed E-state index contributed by atoms with van der Waals surface area (Å²) in [6.07, 6.45) is 1.54. The summed E-state index contributed by atoms with van der Waals surface area (Å²) < 4.78 is 0. The fraction of sp³-hybridized carbons (Fsp3) is 0.684. The number of amides is 2. The van der Waals surface area contributed by atoms with E-state index < -0.39 is 5.97 Å². The van der Waals surface area contributed by atoms with Crippen LogP contribution < -0.4 is 4.87 Å². The van der Waals surface area contributed by atoms with Gasteiger partial charge in [0.25, 0.3) is 0 Å². The van der Waals surface area contributed by atoms with Gasteiger partial charge in [0.2, 0.25) is 11.8 Å². The average molecular weight is 423 g/mol. The maximum Gasteiger partial charge on any atom is 0.305 e. The Bertz CT molecular complexity index is 954. The summed E-state index contributed by atoms with van der Waals surface area (Å²) >= 11 is 2.96. The van der Waals surface area contributed by atoms with Crippen LogP contribution in [-0.2, 0) is 19.8 Å². The quantitative estimate of drug-likeness (QED) is 0.718. The molecule has 7 atom stereocenters. The van der Waals surface area contributed by atoms with Crippen LogP contribution >= 0.6 is 23.1 Å². The van der Waals surface area contributed by atoms with Crippen LogP contribution in [0.1, 0.15) is 38.0 Å². The lowest BCUT2D eigenvalue weighted by molar-refractivity contribution is -0.142. The Labute approximate surface area is 169 Å². The molecule has 2 aliphatic carbocycles. The van der Waals surface area contributed by atoms with E-state index in [4.69, 9.17) is 5.11 Å². The van der Waals surface area contributed by atoms with E-state index in [0.717, 1.165) is 22.7 Å². The van der Waals surface area contributed by atoms with Gasteiger partial charge < -0.3 is 10.1 Å². The van der Waals surface area contributed by atoms with Crippen LogP contribution in [0.25, 0.3) is 0 Å². The molecule has 150 valence electrons. The van der Waals surface area contributed by atoms with Crippen molar-refractivity contribution in [2.24, 2.45) is 29.6 Å². The van der Waals surface area contributed by atoms with Gasteiger partial charge in [-0.2, -0.15) is 0 Å². The number of carboxylic acids is 1. The molecule has 2 aliphatic heterocycles. The standard InChI is InChI=1S/C19H22N2O5S2/c1-3-19(2)12-7-6-8(13(12)27-15-14(19)28-18(26)20-15)11-10(7)16(24)21(17(11)25)5-4-9(22)23/h7-8,10-13H,3-6H2,1-2H3,(H,20,26)(H,22,23)/t7-,8-,10-,11+,12-,13-,19-/m0/s1. The van der Waals surface area contributed by atoms with Gasteiger partial charge in [0.15, 0.2) is 0 Å². The number of thiazole rings is 1. The summed E-state index contributed by atoms with van der Waals surface area (Å²) in [5.41, 5.74) is -0.183. The number of nitrogens with one attached hydrogen (secondary N) is 1. The summed E-state index contributed by atoms with van der Waals surface area (Å²) in [5, 5.41) is 10.1. The zero-order chi connectivity index (χ0) is 20.0. The first-order valence-corrected chi connectivity index (χ1v) is 11.4. The second-order valence-electron chi connectivity index (χ2n) is 8.64. The van der Waals surface area contributed by atoms with E-state index in [2.05, 4.69) is 18.8 Å². The molecule has 3 fully saturated rings. The second kappa shape index (κ2) is 5.95. The van der Waals surface area contributed by atoms with Crippen LogP contribution in [0.15, 0.2) is 9.82 Å². The highest BCUT2D eigenvalue weighted by molar-refractivity contribution is 8.00. The molecule has 4 aliphatic rings. The lowest BCUT2D eigenvalue weighted by Crippen LogP contribution is -2.49. The largest absolute Gasteiger partial charge is 0.481 e. The molecule has 0 unspecified atom stereocenters. The molecule has 1 saturated heterocycles. The molecule has 9 heteroatoms. The number of nitrogens with zero attached hydrogens (tertiary/aromatic N) is 1. The third-order valence-electron chi connectivity index (χ3n) is 7.60. The molecule has 0 spiro atoms. The minimum absolute atomic E-state index is 0.0341. The van der Waals surface area contributed by atoms with E-state index >= 15 is 0 Å². The first-order chi connectivity index (χ1) is 13.3. The number of thioether (sulfide) groups is 1. The fourth-order valence-electron chi connectivity index (χ4n) is 6.38. The maximum absolute atomic E-state index is 13.1. The molecule has 7 nitrogen and oxygen atoms in total. The first kappa shape index (κ1) is 18.4. The average Bonchev–Trinajstić information content (AvgIpc) is 3.36. The molecule has 2 saturated carbocycles. The molecule has 28 heavy (non-hydrogen) atoms. The van der Waals surface area contributed by atoms with Crippen LogP contribution in [0.5, 0.6) is 0 Å². The minimum Gasteiger partial charge on any atom is -0.481 e. The minimum atomic E-state index is -1.00. The second-order valence-corrected chi connectivity index (χ2v) is 10.8. The van der Waals surface area contributed by atoms with E-state index in [1.807, 2.05) is 0 Å². The third-order valence-corrected chi connectivity index (χ3v) is 10.4. The Balaban J connectivity index is 1.53. The molecule has 1 aromatic heterocycles. The van der Waals surface area contributed by atoms with Crippen LogP contribution in [-0.4, -0.2) is 44.6 Å². The van der Waals surface area contributed by atoms with Crippen molar-refractivity contribution in [3.05, 3.63) is 14.5 Å². The van der Waals surface area contributed by atoms with Gasteiger partial charge >= 0.3 is 10.8 Å². The first-order valence-electron chi connectivity index (χ1n) is 9.75. The van der Waals surface area contributed by atoms with Crippen molar-refractivity contribution in [1.29, 1.82) is 0 Å². The molecule has 3 heterocycles. The van der Waals surface area contributed by atoms with Crippen LogP contribution in [0.4, 0.5) is 0 Å². The van der Waals surface area contributed by atoms with Crippen LogP contribution in [0.3, 0.4) is 0 Å². The Hall–Kier alpha value is -1.61. The van der Waals surface area contributed by atoms with E-state index in [-0.39, 0.29) is 69.9 Å². The number of aliphatic carboxylic acids is 1. The summed E-state index contributed by atoms with van der Waals surface area (Å²) in [6.45, 7) is 4.30. The molecule has 1 aromatic rings. The molecule has 5 rings (SSSR count). The van der Waals surface area contributed by atoms with Crippen molar-refractivity contribution < 1.29 is 19.5 Å². The number of carboxylic acid groups (broad SMARTS) is 1. The number of hydrogen-bond acceptors (Lipinski definition) is 6. The normalized spacial score (nSPS) is 40.6. The number of aromatic amines is 1. The number of carbonyl (C=O) groups excluding carboxylic acids is 2. The summed E-state index contributed by atoms with van der Waals surface area (Å²) in [7, 11) is 0. The number of carbonyl (C=O) groups is 3. The lowest BCUT2D eigenvalue weighted by Gasteiger charge is -2.48. The van der Waals surface area contributed by atoms with Crippen LogP contribution in [0, 0.1) is 29.6 Å². The van der Waals surface area contributed by atoms with Crippen molar-refractivity contribution in [2.45, 2.75) is 48.8 Å². The number of H-pyrrole nitrogens is 1. The predicted molar refractivity (Wildman–Crippen MR) is 103 cm³/mol. The van der Waals surface area contributed by atoms with Gasteiger partial charge in [-0.05, 0) is 30.6 Å². The van der Waals surface area contributed by atoms with Crippen molar-refractivity contribution in [3.8, 4) is 0 Å². The Morgan fingerprint density at radius 1 is 1.25 bits per heavy atom. The monoisotopic (exact) mass is 422 g/mol. The number of likely N-dealkylation sites (tertiary alicyclic amines) is 1. The Kier molecular flexibility index (Phi) is 3.91. The van der Waals surface area contributed by atoms with E-state index in [1.54, 1.807) is 11.8 Å². The van der Waals surface area contributed by atoms with Gasteiger partial charge in [-0.1, -0.05) is 25.2 Å².